The summed E-state index contributed by atoms with van der Waals surface area (Å²) in [6.07, 6.45) is 8.64. The summed E-state index contributed by atoms with van der Waals surface area (Å²) >= 11 is 0. The highest BCUT2D eigenvalue weighted by atomic mass is 32.2. The summed E-state index contributed by atoms with van der Waals surface area (Å²) in [7, 11) is -3.45. The monoisotopic (exact) mass is 523 g/mol. The molecule has 2 fully saturated rings. The molecule has 0 aromatic carbocycles. The normalized spacial score (nSPS) is 18.3. The lowest BCUT2D eigenvalue weighted by Gasteiger charge is -2.15. The number of pyridine rings is 1. The summed E-state index contributed by atoms with van der Waals surface area (Å²) in [6.45, 7) is 6.00. The van der Waals surface area contributed by atoms with Gasteiger partial charge in [-0.1, -0.05) is 0 Å². The maximum absolute atomic E-state index is 12.5. The lowest BCUT2D eigenvalue weighted by atomic mass is 10.1. The van der Waals surface area contributed by atoms with Crippen LogP contribution >= 0.6 is 0 Å². The number of aliphatic hydroxyl groups is 1. The van der Waals surface area contributed by atoms with Gasteiger partial charge in [-0.05, 0) is 39.2 Å². The molecule has 2 N–H and O–H groups in total. The van der Waals surface area contributed by atoms with Gasteiger partial charge in [0.1, 0.15) is 11.6 Å². The number of aromatic nitrogens is 7. The fourth-order valence-electron chi connectivity index (χ4n) is 4.66. The van der Waals surface area contributed by atoms with Crippen molar-refractivity contribution in [3.05, 3.63) is 36.9 Å². The molecule has 1 saturated carbocycles. The third-order valence-electron chi connectivity index (χ3n) is 6.84. The smallest absolute Gasteiger partial charge is 0.256 e. The van der Waals surface area contributed by atoms with Crippen molar-refractivity contribution >= 4 is 38.4 Å². The molecule has 1 aliphatic carbocycles. The first-order chi connectivity index (χ1) is 17.8. The van der Waals surface area contributed by atoms with Gasteiger partial charge in [0.05, 0.1) is 34.1 Å². The van der Waals surface area contributed by atoms with E-state index >= 15 is 0 Å². The molecule has 0 bridgehead atoms. The van der Waals surface area contributed by atoms with E-state index in [2.05, 4.69) is 44.1 Å². The van der Waals surface area contributed by atoms with Gasteiger partial charge in [-0.2, -0.15) is 14.3 Å². The van der Waals surface area contributed by atoms with Crippen molar-refractivity contribution in [1.29, 1.82) is 0 Å². The predicted molar refractivity (Wildman–Crippen MR) is 139 cm³/mol. The van der Waals surface area contributed by atoms with Crippen molar-refractivity contribution in [2.45, 2.75) is 44.4 Å². The summed E-state index contributed by atoms with van der Waals surface area (Å²) in [6, 6.07) is 3.83. The number of aliphatic hydroxyl groups excluding tert-OH is 1. The molecule has 1 unspecified atom stereocenters. The molecule has 0 radical (unpaired) electrons. The molecular formula is C24H29N9O3S. The van der Waals surface area contributed by atoms with Crippen molar-refractivity contribution in [3.8, 4) is 11.4 Å². The summed E-state index contributed by atoms with van der Waals surface area (Å²) in [4.78, 5) is 15.7. The lowest BCUT2D eigenvalue weighted by Crippen LogP contribution is -2.21. The SMILES string of the molecule is CC(C)n1nc(N2CCC(CO)C2)c2cnc(Nc3ccnc(-c4cnn(S(=O)(=O)C5CC5)c4)n3)cc21. The highest BCUT2D eigenvalue weighted by molar-refractivity contribution is 7.90. The highest BCUT2D eigenvalue weighted by Gasteiger charge is 2.37. The Hall–Kier alpha value is -3.58. The highest BCUT2D eigenvalue weighted by Crippen LogP contribution is 2.33. The van der Waals surface area contributed by atoms with E-state index in [1.54, 1.807) is 12.3 Å². The molecule has 37 heavy (non-hydrogen) atoms. The third kappa shape index (κ3) is 4.42. The molecule has 0 amide bonds. The largest absolute Gasteiger partial charge is 0.396 e. The second kappa shape index (κ2) is 9.06. The minimum Gasteiger partial charge on any atom is -0.396 e. The molecular weight excluding hydrogens is 494 g/mol. The van der Waals surface area contributed by atoms with Gasteiger partial charge in [0.2, 0.25) is 0 Å². The number of rotatable bonds is 8. The fourth-order valence-corrected chi connectivity index (χ4v) is 6.14. The second-order valence-electron chi connectivity index (χ2n) is 9.97. The Labute approximate surface area is 214 Å². The fraction of sp³-hybridized carbons (Fsp3) is 0.458. The number of fused-ring (bicyclic) bond motifs is 1. The Balaban J connectivity index is 1.28. The molecule has 1 saturated heterocycles. The van der Waals surface area contributed by atoms with Crippen molar-refractivity contribution in [3.63, 3.8) is 0 Å². The molecule has 4 aromatic heterocycles. The molecule has 0 spiro atoms. The first-order valence-corrected chi connectivity index (χ1v) is 14.0. The van der Waals surface area contributed by atoms with E-state index in [1.165, 1.54) is 12.4 Å². The maximum atomic E-state index is 12.5. The van der Waals surface area contributed by atoms with Gasteiger partial charge in [0, 0.05) is 50.1 Å². The van der Waals surface area contributed by atoms with Gasteiger partial charge in [0.25, 0.3) is 10.0 Å². The summed E-state index contributed by atoms with van der Waals surface area (Å²) in [5, 5.41) is 22.3. The third-order valence-corrected chi connectivity index (χ3v) is 8.88. The average molecular weight is 524 g/mol. The van der Waals surface area contributed by atoms with E-state index in [9.17, 15) is 13.5 Å². The standard InChI is InChI=1S/C24H29N9O3S/c1-15(2)33-20-9-22(26-11-19(20)24(30-33)31-8-6-16(12-31)14-34)28-21-5-7-25-23(29-21)17-10-27-32(13-17)37(35,36)18-3-4-18/h5,7,9-11,13,15-16,18,34H,3-4,6,8,12,14H2,1-2H3,(H,25,26,28,29). The van der Waals surface area contributed by atoms with E-state index in [0.717, 1.165) is 40.3 Å². The van der Waals surface area contributed by atoms with Crippen LogP contribution in [-0.2, 0) is 10.0 Å². The second-order valence-corrected chi connectivity index (χ2v) is 12.0. The Morgan fingerprint density at radius 1 is 1.16 bits per heavy atom. The number of hydrogen-bond donors (Lipinski definition) is 2. The summed E-state index contributed by atoms with van der Waals surface area (Å²) in [5.41, 5.74) is 1.47. The van der Waals surface area contributed by atoms with Crippen LogP contribution in [0.4, 0.5) is 17.5 Å². The van der Waals surface area contributed by atoms with Crippen LogP contribution in [0.3, 0.4) is 0 Å². The van der Waals surface area contributed by atoms with Gasteiger partial charge in [-0.25, -0.2) is 23.4 Å². The molecule has 6 rings (SSSR count). The van der Waals surface area contributed by atoms with Gasteiger partial charge in [-0.3, -0.25) is 4.68 Å². The van der Waals surface area contributed by atoms with E-state index in [1.807, 2.05) is 16.9 Å². The Morgan fingerprint density at radius 2 is 2.00 bits per heavy atom. The molecule has 5 heterocycles. The van der Waals surface area contributed by atoms with Crippen molar-refractivity contribution in [1.82, 2.24) is 33.9 Å². The first kappa shape index (κ1) is 23.8. The molecule has 12 nitrogen and oxygen atoms in total. The summed E-state index contributed by atoms with van der Waals surface area (Å²) in [5.74, 6) is 2.65. The van der Waals surface area contributed by atoms with Crippen LogP contribution in [0.15, 0.2) is 36.9 Å². The average Bonchev–Trinajstić information content (AvgIpc) is 3.29. The van der Waals surface area contributed by atoms with Crippen molar-refractivity contribution in [2.75, 3.05) is 29.9 Å². The minimum absolute atomic E-state index is 0.150. The van der Waals surface area contributed by atoms with Gasteiger partial charge in [0.15, 0.2) is 11.6 Å². The number of nitrogens with zero attached hydrogens (tertiary/aromatic N) is 8. The zero-order valence-corrected chi connectivity index (χ0v) is 21.5. The van der Waals surface area contributed by atoms with E-state index < -0.39 is 10.0 Å². The quantitative estimate of drug-likeness (QED) is 0.353. The van der Waals surface area contributed by atoms with E-state index in [0.29, 0.717) is 35.9 Å². The van der Waals surface area contributed by atoms with Crippen LogP contribution in [-0.4, -0.2) is 72.4 Å². The molecule has 4 aromatic rings. The predicted octanol–water partition coefficient (Wildman–Crippen LogP) is 2.57. The molecule has 1 aliphatic heterocycles. The van der Waals surface area contributed by atoms with Gasteiger partial charge in [-0.15, -0.1) is 0 Å². The number of anilines is 3. The van der Waals surface area contributed by atoms with E-state index in [-0.39, 0.29) is 23.8 Å². The van der Waals surface area contributed by atoms with Crippen LogP contribution in [0, 0.1) is 5.92 Å². The molecule has 2 aliphatic rings. The Morgan fingerprint density at radius 3 is 2.73 bits per heavy atom. The van der Waals surface area contributed by atoms with Crippen LogP contribution in [0.2, 0.25) is 0 Å². The van der Waals surface area contributed by atoms with Crippen molar-refractivity contribution in [2.24, 2.45) is 5.92 Å². The van der Waals surface area contributed by atoms with Crippen LogP contribution < -0.4 is 10.2 Å². The van der Waals surface area contributed by atoms with Crippen LogP contribution in [0.25, 0.3) is 22.3 Å². The van der Waals surface area contributed by atoms with Gasteiger partial charge < -0.3 is 15.3 Å². The topological polar surface area (TPSA) is 144 Å². The molecule has 13 heteroatoms. The van der Waals surface area contributed by atoms with Crippen LogP contribution in [0.5, 0.6) is 0 Å². The van der Waals surface area contributed by atoms with Crippen LogP contribution in [0.1, 0.15) is 39.2 Å². The molecule has 194 valence electrons. The molecule has 1 atom stereocenters. The van der Waals surface area contributed by atoms with E-state index in [4.69, 9.17) is 5.10 Å². The Kier molecular flexibility index (Phi) is 5.83. The first-order valence-electron chi connectivity index (χ1n) is 12.5. The van der Waals surface area contributed by atoms with Crippen molar-refractivity contribution < 1.29 is 13.5 Å². The Bertz CT molecular complexity index is 1560. The zero-order chi connectivity index (χ0) is 25.7. The minimum atomic E-state index is -3.45. The summed E-state index contributed by atoms with van der Waals surface area (Å²) < 4.78 is 27.9. The number of nitrogens with one attached hydrogen (secondary N) is 1. The zero-order valence-electron chi connectivity index (χ0n) is 20.7. The number of hydrogen-bond acceptors (Lipinski definition) is 10. The maximum Gasteiger partial charge on any atom is 0.256 e. The lowest BCUT2D eigenvalue weighted by molar-refractivity contribution is 0.238. The van der Waals surface area contributed by atoms with Gasteiger partial charge >= 0.3 is 0 Å².